The van der Waals surface area contributed by atoms with Crippen molar-refractivity contribution in [3.8, 4) is 0 Å². The lowest BCUT2D eigenvalue weighted by molar-refractivity contribution is -0.184. The first-order chi connectivity index (χ1) is 6.60. The summed E-state index contributed by atoms with van der Waals surface area (Å²) >= 11 is 0. The molecule has 2 aliphatic rings. The minimum Gasteiger partial charge on any atom is -0.392 e. The zero-order valence-corrected chi connectivity index (χ0v) is 9.03. The molecule has 1 aliphatic carbocycles. The number of aliphatic hydroxyl groups is 1. The molecule has 0 bridgehead atoms. The molecule has 1 saturated heterocycles. The molecule has 14 heavy (non-hydrogen) atoms. The average molecular weight is 200 g/mol. The van der Waals surface area contributed by atoms with Crippen molar-refractivity contribution in [1.29, 1.82) is 0 Å². The summed E-state index contributed by atoms with van der Waals surface area (Å²) in [6.07, 6.45) is 3.36. The Morgan fingerprint density at radius 3 is 2.79 bits per heavy atom. The van der Waals surface area contributed by atoms with Gasteiger partial charge in [0.1, 0.15) is 0 Å². The Hall–Kier alpha value is -0.120. The van der Waals surface area contributed by atoms with Gasteiger partial charge in [-0.25, -0.2) is 0 Å². The topological polar surface area (TPSA) is 38.7 Å². The van der Waals surface area contributed by atoms with E-state index in [0.717, 1.165) is 25.9 Å². The first-order valence-electron chi connectivity index (χ1n) is 5.52. The summed E-state index contributed by atoms with van der Waals surface area (Å²) in [5, 5.41) is 9.53. The molecule has 2 rings (SSSR count). The van der Waals surface area contributed by atoms with Gasteiger partial charge in [-0.1, -0.05) is 13.8 Å². The second-order valence-corrected chi connectivity index (χ2v) is 5.03. The Kier molecular flexibility index (Phi) is 2.82. The van der Waals surface area contributed by atoms with Gasteiger partial charge in [-0.2, -0.15) is 0 Å². The molecule has 1 heterocycles. The summed E-state index contributed by atoms with van der Waals surface area (Å²) < 4.78 is 11.2. The fraction of sp³-hybridized carbons (Fsp3) is 1.00. The molecule has 3 unspecified atom stereocenters. The maximum Gasteiger partial charge on any atom is 0.0809 e. The molecule has 0 aromatic rings. The van der Waals surface area contributed by atoms with Gasteiger partial charge in [0, 0.05) is 18.4 Å². The van der Waals surface area contributed by atoms with Crippen LogP contribution in [-0.2, 0) is 9.47 Å². The predicted octanol–water partition coefficient (Wildman–Crippen LogP) is 1.34. The Balaban J connectivity index is 1.71. The molecule has 1 saturated carbocycles. The zero-order chi connectivity index (χ0) is 10.2. The molecule has 3 heteroatoms. The summed E-state index contributed by atoms with van der Waals surface area (Å²) in [6, 6.07) is 0. The monoisotopic (exact) mass is 200 g/mol. The van der Waals surface area contributed by atoms with E-state index in [0.29, 0.717) is 12.7 Å². The number of aliphatic hydroxyl groups excluding tert-OH is 1. The van der Waals surface area contributed by atoms with Crippen LogP contribution in [0.5, 0.6) is 0 Å². The molecule has 3 nitrogen and oxygen atoms in total. The molecule has 82 valence electrons. The van der Waals surface area contributed by atoms with Gasteiger partial charge in [-0.15, -0.1) is 0 Å². The van der Waals surface area contributed by atoms with Crippen molar-refractivity contribution in [2.75, 3.05) is 13.2 Å². The lowest BCUT2D eigenvalue weighted by atomic mass is 9.66. The van der Waals surface area contributed by atoms with Gasteiger partial charge >= 0.3 is 0 Å². The first kappa shape index (κ1) is 10.4. The Bertz CT molecular complexity index is 197. The third-order valence-corrected chi connectivity index (χ3v) is 3.63. The van der Waals surface area contributed by atoms with E-state index >= 15 is 0 Å². The Morgan fingerprint density at radius 2 is 2.29 bits per heavy atom. The second kappa shape index (κ2) is 3.80. The fourth-order valence-corrected chi connectivity index (χ4v) is 2.15. The molecule has 0 aromatic heterocycles. The zero-order valence-electron chi connectivity index (χ0n) is 9.03. The normalized spacial score (nSPS) is 40.9. The van der Waals surface area contributed by atoms with E-state index in [1.165, 1.54) is 0 Å². The average Bonchev–Trinajstić information content (AvgIpc) is 2.64. The maximum absolute atomic E-state index is 9.53. The van der Waals surface area contributed by atoms with Crippen molar-refractivity contribution in [1.82, 2.24) is 0 Å². The highest BCUT2D eigenvalue weighted by molar-refractivity contribution is 4.98. The van der Waals surface area contributed by atoms with Crippen LogP contribution in [0.1, 0.15) is 33.1 Å². The van der Waals surface area contributed by atoms with Gasteiger partial charge in [0.15, 0.2) is 0 Å². The molecule has 1 N–H and O–H groups in total. The van der Waals surface area contributed by atoms with Gasteiger partial charge in [0.25, 0.3) is 0 Å². The number of hydrogen-bond donors (Lipinski definition) is 1. The van der Waals surface area contributed by atoms with Gasteiger partial charge in [0.05, 0.1) is 24.9 Å². The van der Waals surface area contributed by atoms with Crippen molar-refractivity contribution in [2.24, 2.45) is 5.41 Å². The lowest BCUT2D eigenvalue weighted by Crippen LogP contribution is -2.55. The highest BCUT2D eigenvalue weighted by Gasteiger charge is 2.48. The van der Waals surface area contributed by atoms with Crippen molar-refractivity contribution >= 4 is 0 Å². The SMILES string of the molecule is CC1(C)C(O)CC1OCC1CCCO1. The molecule has 0 aromatic carbocycles. The lowest BCUT2D eigenvalue weighted by Gasteiger charge is -2.48. The molecular formula is C11H20O3. The molecule has 0 spiro atoms. The van der Waals surface area contributed by atoms with E-state index in [9.17, 15) is 5.11 Å². The van der Waals surface area contributed by atoms with Crippen LogP contribution in [0, 0.1) is 5.41 Å². The van der Waals surface area contributed by atoms with Crippen LogP contribution in [0.3, 0.4) is 0 Å². The summed E-state index contributed by atoms with van der Waals surface area (Å²) in [4.78, 5) is 0. The number of ether oxygens (including phenoxy) is 2. The second-order valence-electron chi connectivity index (χ2n) is 5.03. The van der Waals surface area contributed by atoms with E-state index in [4.69, 9.17) is 9.47 Å². The standard InChI is InChI=1S/C11H20O3/c1-11(2)9(12)6-10(11)14-7-8-4-3-5-13-8/h8-10,12H,3-7H2,1-2H3. The van der Waals surface area contributed by atoms with Crippen molar-refractivity contribution < 1.29 is 14.6 Å². The van der Waals surface area contributed by atoms with E-state index in [-0.39, 0.29) is 17.6 Å². The summed E-state index contributed by atoms with van der Waals surface area (Å²) in [5.74, 6) is 0. The smallest absolute Gasteiger partial charge is 0.0809 e. The van der Waals surface area contributed by atoms with Crippen LogP contribution in [0.2, 0.25) is 0 Å². The van der Waals surface area contributed by atoms with Crippen LogP contribution in [-0.4, -0.2) is 36.6 Å². The third-order valence-electron chi connectivity index (χ3n) is 3.63. The van der Waals surface area contributed by atoms with Gasteiger partial charge in [0.2, 0.25) is 0 Å². The van der Waals surface area contributed by atoms with Gasteiger partial charge in [-0.05, 0) is 12.8 Å². The highest BCUT2D eigenvalue weighted by Crippen LogP contribution is 2.42. The molecule has 0 amide bonds. The van der Waals surface area contributed by atoms with Crippen molar-refractivity contribution in [3.05, 3.63) is 0 Å². The summed E-state index contributed by atoms with van der Waals surface area (Å²) in [6.45, 7) is 5.69. The van der Waals surface area contributed by atoms with Crippen molar-refractivity contribution in [3.63, 3.8) is 0 Å². The van der Waals surface area contributed by atoms with Gasteiger partial charge in [-0.3, -0.25) is 0 Å². The quantitative estimate of drug-likeness (QED) is 0.747. The molecule has 1 aliphatic heterocycles. The minimum absolute atomic E-state index is 0.0708. The molecule has 2 fully saturated rings. The van der Waals surface area contributed by atoms with E-state index in [2.05, 4.69) is 13.8 Å². The van der Waals surface area contributed by atoms with Crippen LogP contribution in [0.15, 0.2) is 0 Å². The number of hydrogen-bond acceptors (Lipinski definition) is 3. The largest absolute Gasteiger partial charge is 0.392 e. The third kappa shape index (κ3) is 1.81. The van der Waals surface area contributed by atoms with Crippen molar-refractivity contribution in [2.45, 2.75) is 51.4 Å². The maximum atomic E-state index is 9.53. The Labute approximate surface area is 85.4 Å². The van der Waals surface area contributed by atoms with Crippen LogP contribution in [0.25, 0.3) is 0 Å². The predicted molar refractivity (Wildman–Crippen MR) is 53.1 cm³/mol. The van der Waals surface area contributed by atoms with E-state index in [1.54, 1.807) is 0 Å². The number of rotatable bonds is 3. The summed E-state index contributed by atoms with van der Waals surface area (Å²) in [7, 11) is 0. The Morgan fingerprint density at radius 1 is 1.50 bits per heavy atom. The first-order valence-corrected chi connectivity index (χ1v) is 5.52. The van der Waals surface area contributed by atoms with E-state index in [1.807, 2.05) is 0 Å². The molecular weight excluding hydrogens is 180 g/mol. The molecule has 0 radical (unpaired) electrons. The van der Waals surface area contributed by atoms with Crippen LogP contribution in [0.4, 0.5) is 0 Å². The van der Waals surface area contributed by atoms with Crippen LogP contribution >= 0.6 is 0 Å². The summed E-state index contributed by atoms with van der Waals surface area (Å²) in [5.41, 5.74) is -0.0708. The van der Waals surface area contributed by atoms with Crippen LogP contribution < -0.4 is 0 Å². The van der Waals surface area contributed by atoms with E-state index < -0.39 is 0 Å². The van der Waals surface area contributed by atoms with Gasteiger partial charge < -0.3 is 14.6 Å². The molecule has 3 atom stereocenters. The fourth-order valence-electron chi connectivity index (χ4n) is 2.15. The minimum atomic E-state index is -0.197. The highest BCUT2D eigenvalue weighted by atomic mass is 16.5.